The summed E-state index contributed by atoms with van der Waals surface area (Å²) in [5.41, 5.74) is 0. The summed E-state index contributed by atoms with van der Waals surface area (Å²) in [6.45, 7) is 5.75. The molecule has 0 unspecified atom stereocenters. The highest BCUT2D eigenvalue weighted by atomic mass is 79.9. The molecule has 1 heteroatoms. The van der Waals surface area contributed by atoms with Crippen LogP contribution in [0.5, 0.6) is 0 Å². The lowest BCUT2D eigenvalue weighted by atomic mass is 10.3. The summed E-state index contributed by atoms with van der Waals surface area (Å²) in [6, 6.07) is 0. The Morgan fingerprint density at radius 2 is 2.30 bits per heavy atom. The third-order valence-corrected chi connectivity index (χ3v) is 1.54. The molecule has 0 saturated heterocycles. The van der Waals surface area contributed by atoms with Gasteiger partial charge in [0.2, 0.25) is 0 Å². The lowest BCUT2D eigenvalue weighted by Gasteiger charge is -1.85. The van der Waals surface area contributed by atoms with Gasteiger partial charge in [-0.25, -0.2) is 0 Å². The minimum Gasteiger partial charge on any atom is -0.0990 e. The highest BCUT2D eigenvalue weighted by Crippen LogP contribution is 2.06. The van der Waals surface area contributed by atoms with Crippen molar-refractivity contribution in [2.75, 3.05) is 0 Å². The SMILES string of the molecule is C=C/C=C(Br)\C=C\CCC. The molecule has 0 bridgehead atoms. The van der Waals surface area contributed by atoms with E-state index in [-0.39, 0.29) is 0 Å². The van der Waals surface area contributed by atoms with E-state index in [1.54, 1.807) is 6.08 Å². The van der Waals surface area contributed by atoms with Crippen LogP contribution in [0.4, 0.5) is 0 Å². The van der Waals surface area contributed by atoms with Crippen LogP contribution in [0.15, 0.2) is 35.4 Å². The minimum atomic E-state index is 1.08. The van der Waals surface area contributed by atoms with Crippen molar-refractivity contribution in [3.05, 3.63) is 35.4 Å². The van der Waals surface area contributed by atoms with Gasteiger partial charge < -0.3 is 0 Å². The highest BCUT2D eigenvalue weighted by Gasteiger charge is 1.78. The number of allylic oxidation sites excluding steroid dienone is 5. The first kappa shape index (κ1) is 9.70. The van der Waals surface area contributed by atoms with Crippen LogP contribution in [0, 0.1) is 0 Å². The van der Waals surface area contributed by atoms with Gasteiger partial charge in [-0.15, -0.1) is 0 Å². The Hall–Kier alpha value is -0.300. The van der Waals surface area contributed by atoms with Crippen LogP contribution >= 0.6 is 15.9 Å². The summed E-state index contributed by atoms with van der Waals surface area (Å²) in [7, 11) is 0. The van der Waals surface area contributed by atoms with Gasteiger partial charge in [0.05, 0.1) is 0 Å². The lowest BCUT2D eigenvalue weighted by Crippen LogP contribution is -1.62. The van der Waals surface area contributed by atoms with Crippen molar-refractivity contribution in [2.24, 2.45) is 0 Å². The number of hydrogen-bond donors (Lipinski definition) is 0. The zero-order valence-electron chi connectivity index (χ0n) is 6.31. The predicted octanol–water partition coefficient (Wildman–Crippen LogP) is 3.81. The fraction of sp³-hybridized carbons (Fsp3) is 0.333. The summed E-state index contributed by atoms with van der Waals surface area (Å²) in [5, 5.41) is 0. The molecule has 0 aliphatic carbocycles. The van der Waals surface area contributed by atoms with Crippen LogP contribution in [0.25, 0.3) is 0 Å². The minimum absolute atomic E-state index is 1.08. The second-order valence-electron chi connectivity index (χ2n) is 1.98. The Morgan fingerprint density at radius 1 is 1.60 bits per heavy atom. The standard InChI is InChI=1S/C9H13Br/c1-3-5-6-8-9(10)7-4-2/h4,6-8H,2-3,5H2,1H3/b8-6+,9-7+. The molecule has 0 rings (SSSR count). The van der Waals surface area contributed by atoms with E-state index in [0.717, 1.165) is 10.9 Å². The Labute approximate surface area is 71.5 Å². The van der Waals surface area contributed by atoms with E-state index < -0.39 is 0 Å². The zero-order valence-corrected chi connectivity index (χ0v) is 7.89. The molecule has 0 heterocycles. The van der Waals surface area contributed by atoms with E-state index in [1.165, 1.54) is 6.42 Å². The van der Waals surface area contributed by atoms with Crippen molar-refractivity contribution in [1.29, 1.82) is 0 Å². The van der Waals surface area contributed by atoms with Crippen LogP contribution in [0.2, 0.25) is 0 Å². The first-order valence-corrected chi connectivity index (χ1v) is 4.25. The Bertz CT molecular complexity index is 143. The molecule has 0 aliphatic rings. The summed E-state index contributed by atoms with van der Waals surface area (Å²) < 4.78 is 1.08. The molecule has 0 atom stereocenters. The van der Waals surface area contributed by atoms with Gasteiger partial charge in [-0.1, -0.05) is 54.1 Å². The van der Waals surface area contributed by atoms with E-state index in [4.69, 9.17) is 0 Å². The van der Waals surface area contributed by atoms with Crippen molar-refractivity contribution in [3.63, 3.8) is 0 Å². The predicted molar refractivity (Wildman–Crippen MR) is 51.3 cm³/mol. The first-order chi connectivity index (χ1) is 4.81. The van der Waals surface area contributed by atoms with Gasteiger partial charge in [-0.05, 0) is 12.5 Å². The summed E-state index contributed by atoms with van der Waals surface area (Å²) in [6.07, 6.45) is 10.2. The number of hydrogen-bond acceptors (Lipinski definition) is 0. The van der Waals surface area contributed by atoms with Gasteiger partial charge in [0, 0.05) is 4.48 Å². The zero-order chi connectivity index (χ0) is 7.82. The summed E-state index contributed by atoms with van der Waals surface area (Å²) in [4.78, 5) is 0. The van der Waals surface area contributed by atoms with E-state index in [0.29, 0.717) is 0 Å². The quantitative estimate of drug-likeness (QED) is 0.606. The molecule has 0 spiro atoms. The average molecular weight is 201 g/mol. The van der Waals surface area contributed by atoms with Gasteiger partial charge in [0.25, 0.3) is 0 Å². The van der Waals surface area contributed by atoms with E-state index in [1.807, 2.05) is 12.2 Å². The van der Waals surface area contributed by atoms with Gasteiger partial charge in [0.1, 0.15) is 0 Å². The van der Waals surface area contributed by atoms with Crippen molar-refractivity contribution >= 4 is 15.9 Å². The van der Waals surface area contributed by atoms with Gasteiger partial charge in [-0.3, -0.25) is 0 Å². The molecule has 0 aromatic carbocycles. The van der Waals surface area contributed by atoms with E-state index >= 15 is 0 Å². The fourth-order valence-electron chi connectivity index (χ4n) is 0.531. The maximum Gasteiger partial charge on any atom is 0.0171 e. The molecule has 10 heavy (non-hydrogen) atoms. The van der Waals surface area contributed by atoms with E-state index in [9.17, 15) is 0 Å². The largest absolute Gasteiger partial charge is 0.0990 e. The molecule has 0 fully saturated rings. The van der Waals surface area contributed by atoms with Crippen LogP contribution in [0.3, 0.4) is 0 Å². The molecule has 0 aromatic rings. The van der Waals surface area contributed by atoms with Crippen molar-refractivity contribution in [2.45, 2.75) is 19.8 Å². The summed E-state index contributed by atoms with van der Waals surface area (Å²) in [5.74, 6) is 0. The third kappa shape index (κ3) is 5.83. The molecule has 0 amide bonds. The van der Waals surface area contributed by atoms with Crippen LogP contribution in [0.1, 0.15) is 19.8 Å². The van der Waals surface area contributed by atoms with E-state index in [2.05, 4.69) is 35.5 Å². The first-order valence-electron chi connectivity index (χ1n) is 3.46. The number of halogens is 1. The number of rotatable bonds is 4. The third-order valence-electron chi connectivity index (χ3n) is 1.01. The molecular weight excluding hydrogens is 188 g/mol. The number of unbranched alkanes of at least 4 members (excludes halogenated alkanes) is 1. The van der Waals surface area contributed by atoms with Crippen molar-refractivity contribution < 1.29 is 0 Å². The molecule has 56 valence electrons. The Morgan fingerprint density at radius 3 is 2.80 bits per heavy atom. The second kappa shape index (κ2) is 6.81. The molecule has 0 aromatic heterocycles. The molecule has 0 nitrogen and oxygen atoms in total. The maximum atomic E-state index is 3.59. The van der Waals surface area contributed by atoms with Gasteiger partial charge in [0.15, 0.2) is 0 Å². The molecule has 0 aliphatic heterocycles. The Balaban J connectivity index is 3.65. The van der Waals surface area contributed by atoms with Crippen LogP contribution in [-0.4, -0.2) is 0 Å². The second-order valence-corrected chi connectivity index (χ2v) is 2.89. The highest BCUT2D eigenvalue weighted by molar-refractivity contribution is 9.11. The Kier molecular flexibility index (Phi) is 6.61. The molecule has 0 saturated carbocycles. The normalized spacial score (nSPS) is 12.4. The molecule has 0 N–H and O–H groups in total. The van der Waals surface area contributed by atoms with Gasteiger partial charge >= 0.3 is 0 Å². The monoisotopic (exact) mass is 200 g/mol. The van der Waals surface area contributed by atoms with Gasteiger partial charge in [-0.2, -0.15) is 0 Å². The van der Waals surface area contributed by atoms with Crippen LogP contribution < -0.4 is 0 Å². The average Bonchev–Trinajstić information content (AvgIpc) is 1.89. The molecule has 0 radical (unpaired) electrons. The van der Waals surface area contributed by atoms with Crippen molar-refractivity contribution in [1.82, 2.24) is 0 Å². The summed E-state index contributed by atoms with van der Waals surface area (Å²) >= 11 is 3.37. The fourth-order valence-corrected chi connectivity index (χ4v) is 0.905. The van der Waals surface area contributed by atoms with Crippen LogP contribution in [-0.2, 0) is 0 Å². The maximum absolute atomic E-state index is 3.59. The smallest absolute Gasteiger partial charge is 0.0171 e. The topological polar surface area (TPSA) is 0 Å². The van der Waals surface area contributed by atoms with Crippen molar-refractivity contribution in [3.8, 4) is 0 Å². The molecular formula is C9H13Br. The lowest BCUT2D eigenvalue weighted by molar-refractivity contribution is 0.958.